The molecule has 0 N–H and O–H groups in total. The van der Waals surface area contributed by atoms with Crippen LogP contribution in [0.5, 0.6) is 0 Å². The van der Waals surface area contributed by atoms with E-state index in [0.717, 1.165) is 6.42 Å². The van der Waals surface area contributed by atoms with Crippen molar-refractivity contribution in [2.75, 3.05) is 0 Å². The second-order valence-corrected chi connectivity index (χ2v) is 9.61. The van der Waals surface area contributed by atoms with Gasteiger partial charge in [-0.1, -0.05) is 72.3 Å². The van der Waals surface area contributed by atoms with Gasteiger partial charge in [-0.05, 0) is 41.5 Å². The normalized spacial score (nSPS) is 17.0. The molecule has 0 saturated heterocycles. The predicted octanol–water partition coefficient (Wildman–Crippen LogP) is 6.59. The molecule has 116 valence electrons. The molecule has 2 aliphatic rings. The zero-order valence-electron chi connectivity index (χ0n) is 12.8. The molecule has 1 unspecified atom stereocenters. The van der Waals surface area contributed by atoms with E-state index >= 15 is 0 Å². The van der Waals surface area contributed by atoms with Crippen LogP contribution in [-0.2, 0) is 27.3 Å². The van der Waals surface area contributed by atoms with Gasteiger partial charge in [-0.15, -0.1) is 0 Å². The van der Waals surface area contributed by atoms with E-state index < -0.39 is 20.8 Å². The Morgan fingerprint density at radius 2 is 1.65 bits per heavy atom. The Balaban J connectivity index is 0.000000485. The van der Waals surface area contributed by atoms with E-state index in [1.165, 1.54) is 35.1 Å². The summed E-state index contributed by atoms with van der Waals surface area (Å²) in [5, 5.41) is 0. The molecule has 0 nitrogen and oxygen atoms in total. The van der Waals surface area contributed by atoms with Gasteiger partial charge in [0.15, 0.2) is 0 Å². The third kappa shape index (κ3) is 4.27. The summed E-state index contributed by atoms with van der Waals surface area (Å²) in [7, 11) is 9.87. The molecule has 0 aromatic heterocycles. The van der Waals surface area contributed by atoms with Crippen LogP contribution in [0, 0.1) is 0 Å². The van der Waals surface area contributed by atoms with Crippen LogP contribution in [-0.4, -0.2) is 0 Å². The second-order valence-electron chi connectivity index (χ2n) is 5.88. The summed E-state index contributed by atoms with van der Waals surface area (Å²) < 4.78 is 0. The first-order chi connectivity index (χ1) is 11.3. The average Bonchev–Trinajstić information content (AvgIpc) is 3.17. The molecule has 0 fully saturated rings. The summed E-state index contributed by atoms with van der Waals surface area (Å²) in [4.78, 5) is 0. The molecule has 0 bridgehead atoms. The molecule has 2 aromatic rings. The van der Waals surface area contributed by atoms with Crippen LogP contribution in [0.3, 0.4) is 0 Å². The zero-order valence-corrected chi connectivity index (χ0v) is 16.8. The van der Waals surface area contributed by atoms with E-state index in [0.29, 0.717) is 5.92 Å². The molecule has 0 aliphatic heterocycles. The van der Waals surface area contributed by atoms with Crippen LogP contribution in [0.15, 0.2) is 60.2 Å². The molecule has 2 aliphatic carbocycles. The van der Waals surface area contributed by atoms with Gasteiger partial charge in [-0.2, -0.15) is 0 Å². The van der Waals surface area contributed by atoms with E-state index in [-0.39, 0.29) is 0 Å². The molecule has 0 spiro atoms. The fraction of sp³-hybridized carbons (Fsp3) is 0.200. The number of allylic oxidation sites excluding steroid dienone is 2. The number of benzene rings is 2. The van der Waals surface area contributed by atoms with Crippen LogP contribution in [0.4, 0.5) is 0 Å². The first-order valence-corrected chi connectivity index (χ1v) is 14.2. The van der Waals surface area contributed by atoms with Crippen molar-refractivity contribution in [2.45, 2.75) is 25.2 Å². The van der Waals surface area contributed by atoms with Gasteiger partial charge in [0.1, 0.15) is 0 Å². The molecule has 0 radical (unpaired) electrons. The molecule has 3 heteroatoms. The Morgan fingerprint density at radius 1 is 0.957 bits per heavy atom. The van der Waals surface area contributed by atoms with E-state index in [4.69, 9.17) is 17.0 Å². The van der Waals surface area contributed by atoms with Crippen molar-refractivity contribution in [3.05, 3.63) is 82.4 Å². The Kier molecular flexibility index (Phi) is 6.34. The fourth-order valence-electron chi connectivity index (χ4n) is 3.43. The van der Waals surface area contributed by atoms with Gasteiger partial charge in [0.25, 0.3) is 0 Å². The SMILES string of the molecule is C1=CC(CCC2=Cc3ccccc3C2)c2ccccc21.[Cl][Zr][Cl]. The van der Waals surface area contributed by atoms with Crippen molar-refractivity contribution in [1.82, 2.24) is 0 Å². The number of hydrogen-bond acceptors (Lipinski definition) is 0. The summed E-state index contributed by atoms with van der Waals surface area (Å²) in [5.41, 5.74) is 7.41. The summed E-state index contributed by atoms with van der Waals surface area (Å²) in [6, 6.07) is 17.5. The van der Waals surface area contributed by atoms with Crippen LogP contribution >= 0.6 is 17.0 Å². The minimum atomic E-state index is -0.826. The van der Waals surface area contributed by atoms with Gasteiger partial charge in [0, 0.05) is 5.92 Å². The van der Waals surface area contributed by atoms with Gasteiger partial charge in [0.2, 0.25) is 0 Å². The number of halogens is 2. The van der Waals surface area contributed by atoms with Gasteiger partial charge in [-0.25, -0.2) is 0 Å². The molecule has 4 rings (SSSR count). The molecule has 0 heterocycles. The molecule has 0 amide bonds. The van der Waals surface area contributed by atoms with Crippen LogP contribution in [0.2, 0.25) is 0 Å². The number of rotatable bonds is 3. The second kappa shape index (κ2) is 8.47. The third-order valence-electron chi connectivity index (χ3n) is 4.51. The first kappa shape index (κ1) is 17.2. The van der Waals surface area contributed by atoms with E-state index in [1.54, 1.807) is 5.57 Å². The van der Waals surface area contributed by atoms with E-state index in [2.05, 4.69) is 66.8 Å². The topological polar surface area (TPSA) is 0 Å². The molecular weight excluding hydrogens is 402 g/mol. The zero-order chi connectivity index (χ0) is 16.1. The van der Waals surface area contributed by atoms with Crippen molar-refractivity contribution >= 4 is 29.2 Å². The van der Waals surface area contributed by atoms with Crippen LogP contribution in [0.25, 0.3) is 12.2 Å². The van der Waals surface area contributed by atoms with Crippen molar-refractivity contribution < 1.29 is 20.8 Å². The number of fused-ring (bicyclic) bond motifs is 2. The predicted molar refractivity (Wildman–Crippen MR) is 97.3 cm³/mol. The Morgan fingerprint density at radius 3 is 2.43 bits per heavy atom. The Bertz CT molecular complexity index is 734. The maximum atomic E-state index is 4.93. The molecule has 23 heavy (non-hydrogen) atoms. The van der Waals surface area contributed by atoms with Gasteiger partial charge >= 0.3 is 37.9 Å². The van der Waals surface area contributed by atoms with E-state index in [9.17, 15) is 0 Å². The molecule has 1 atom stereocenters. The third-order valence-corrected chi connectivity index (χ3v) is 4.51. The summed E-state index contributed by atoms with van der Waals surface area (Å²) in [5.74, 6) is 0.607. The van der Waals surface area contributed by atoms with Crippen molar-refractivity contribution in [3.63, 3.8) is 0 Å². The first-order valence-electron chi connectivity index (χ1n) is 7.82. The maximum absolute atomic E-state index is 4.93. The quantitative estimate of drug-likeness (QED) is 0.525. The Labute approximate surface area is 156 Å². The number of hydrogen-bond donors (Lipinski definition) is 0. The minimum absolute atomic E-state index is 0.607. The molecular formula is C20H18Cl2Zr. The van der Waals surface area contributed by atoms with Crippen molar-refractivity contribution in [2.24, 2.45) is 0 Å². The van der Waals surface area contributed by atoms with Gasteiger partial charge < -0.3 is 0 Å². The van der Waals surface area contributed by atoms with Crippen LogP contribution < -0.4 is 0 Å². The average molecular weight is 420 g/mol. The Hall–Kier alpha value is -0.617. The molecule has 2 aromatic carbocycles. The van der Waals surface area contributed by atoms with Crippen LogP contribution in [0.1, 0.15) is 41.0 Å². The fourth-order valence-corrected chi connectivity index (χ4v) is 3.43. The summed E-state index contributed by atoms with van der Waals surface area (Å²) in [6.45, 7) is 0. The van der Waals surface area contributed by atoms with Gasteiger partial charge in [-0.3, -0.25) is 0 Å². The standard InChI is InChI=1S/C20H18.2ClH.Zr/c1-2-7-19-14-15(13-18(19)6-1)9-10-17-12-11-16-5-3-4-8-20(16)17;;;/h1-8,11-13,17H,9-10,14H2;2*1H;/q;;;+2/p-2. The summed E-state index contributed by atoms with van der Waals surface area (Å²) >= 11 is -0.826. The molecule has 0 saturated carbocycles. The van der Waals surface area contributed by atoms with E-state index in [1.807, 2.05) is 0 Å². The van der Waals surface area contributed by atoms with Gasteiger partial charge in [0.05, 0.1) is 0 Å². The summed E-state index contributed by atoms with van der Waals surface area (Å²) in [6.07, 6.45) is 10.6. The van der Waals surface area contributed by atoms with Crippen molar-refractivity contribution in [1.29, 1.82) is 0 Å². The van der Waals surface area contributed by atoms with Crippen molar-refractivity contribution in [3.8, 4) is 0 Å². The monoisotopic (exact) mass is 418 g/mol.